The SMILES string of the molecule is Cc1nc(-c2nc(C(C)(C)c3csc(-c4n[nH]c(C)n4)n3)cs2)n[nH]1. The molecular formula is C15H16N8S2. The van der Waals surface area contributed by atoms with E-state index in [0.717, 1.165) is 33.1 Å². The van der Waals surface area contributed by atoms with Crippen molar-refractivity contribution in [3.8, 4) is 21.7 Å². The molecule has 0 aliphatic carbocycles. The molecular weight excluding hydrogens is 356 g/mol. The number of hydrogen-bond acceptors (Lipinski definition) is 8. The van der Waals surface area contributed by atoms with Crippen LogP contribution in [0.4, 0.5) is 0 Å². The minimum absolute atomic E-state index is 0.333. The van der Waals surface area contributed by atoms with Crippen LogP contribution in [-0.2, 0) is 5.41 Å². The van der Waals surface area contributed by atoms with E-state index in [4.69, 9.17) is 9.97 Å². The third kappa shape index (κ3) is 2.87. The molecule has 4 rings (SSSR count). The summed E-state index contributed by atoms with van der Waals surface area (Å²) >= 11 is 3.07. The van der Waals surface area contributed by atoms with Crippen molar-refractivity contribution in [3.05, 3.63) is 33.8 Å². The number of nitrogens with one attached hydrogen (secondary N) is 2. The zero-order chi connectivity index (χ0) is 17.6. The van der Waals surface area contributed by atoms with Crippen LogP contribution in [0.5, 0.6) is 0 Å². The van der Waals surface area contributed by atoms with Gasteiger partial charge in [-0.25, -0.2) is 19.9 Å². The van der Waals surface area contributed by atoms with E-state index in [9.17, 15) is 0 Å². The number of hydrogen-bond donors (Lipinski definition) is 2. The lowest BCUT2D eigenvalue weighted by Gasteiger charge is -2.19. The number of rotatable bonds is 4. The standard InChI is InChI=1S/C15H16N8S2/c1-7-16-11(22-20-7)13-18-9(5-24-13)15(3,4)10-6-25-14(19-10)12-17-8(2)21-23-12/h5-6H,1-4H3,(H,16,20,22)(H,17,21,23). The maximum absolute atomic E-state index is 4.73. The highest BCUT2D eigenvalue weighted by Crippen LogP contribution is 2.35. The Kier molecular flexibility index (Phi) is 3.73. The molecule has 0 saturated heterocycles. The Hall–Kier alpha value is -2.46. The van der Waals surface area contributed by atoms with Gasteiger partial charge < -0.3 is 0 Å². The van der Waals surface area contributed by atoms with Crippen molar-refractivity contribution in [1.29, 1.82) is 0 Å². The van der Waals surface area contributed by atoms with Gasteiger partial charge in [-0.05, 0) is 27.7 Å². The van der Waals surface area contributed by atoms with Crippen LogP contribution in [-0.4, -0.2) is 40.3 Å². The summed E-state index contributed by atoms with van der Waals surface area (Å²) in [5, 5.41) is 19.7. The van der Waals surface area contributed by atoms with Crippen molar-refractivity contribution in [2.45, 2.75) is 33.1 Å². The lowest BCUT2D eigenvalue weighted by molar-refractivity contribution is 0.604. The summed E-state index contributed by atoms with van der Waals surface area (Å²) in [7, 11) is 0. The van der Waals surface area contributed by atoms with Gasteiger partial charge in [0.15, 0.2) is 10.0 Å². The minimum atomic E-state index is -0.333. The highest BCUT2D eigenvalue weighted by molar-refractivity contribution is 7.13. The van der Waals surface area contributed by atoms with Gasteiger partial charge in [0.2, 0.25) is 11.6 Å². The summed E-state index contributed by atoms with van der Waals surface area (Å²) in [6.45, 7) is 7.96. The highest BCUT2D eigenvalue weighted by atomic mass is 32.1. The third-order valence-electron chi connectivity index (χ3n) is 3.87. The summed E-state index contributed by atoms with van der Waals surface area (Å²) in [5.74, 6) is 2.80. The fourth-order valence-electron chi connectivity index (χ4n) is 2.33. The van der Waals surface area contributed by atoms with Gasteiger partial charge in [-0.15, -0.1) is 22.7 Å². The second kappa shape index (κ2) is 5.81. The Morgan fingerprint density at radius 3 is 1.56 bits per heavy atom. The molecule has 8 nitrogen and oxygen atoms in total. The molecule has 10 heteroatoms. The molecule has 4 aromatic heterocycles. The van der Waals surface area contributed by atoms with Crippen molar-refractivity contribution in [1.82, 2.24) is 40.3 Å². The predicted molar refractivity (Wildman–Crippen MR) is 96.6 cm³/mol. The first-order chi connectivity index (χ1) is 11.9. The number of nitrogens with zero attached hydrogens (tertiary/aromatic N) is 6. The van der Waals surface area contributed by atoms with E-state index in [1.807, 2.05) is 24.6 Å². The van der Waals surface area contributed by atoms with E-state index >= 15 is 0 Å². The molecule has 0 aliphatic rings. The molecule has 0 aromatic carbocycles. The van der Waals surface area contributed by atoms with Crippen LogP contribution >= 0.6 is 22.7 Å². The number of aromatic nitrogens is 8. The highest BCUT2D eigenvalue weighted by Gasteiger charge is 2.30. The number of aromatic amines is 2. The van der Waals surface area contributed by atoms with E-state index in [0.29, 0.717) is 11.6 Å². The number of H-pyrrole nitrogens is 2. The predicted octanol–water partition coefficient (Wildman–Crippen LogP) is 3.11. The van der Waals surface area contributed by atoms with Gasteiger partial charge in [0.05, 0.1) is 16.8 Å². The first-order valence-electron chi connectivity index (χ1n) is 7.64. The second-order valence-electron chi connectivity index (χ2n) is 6.19. The summed E-state index contributed by atoms with van der Waals surface area (Å²) in [6.07, 6.45) is 0. The largest absolute Gasteiger partial charge is 0.263 e. The van der Waals surface area contributed by atoms with Crippen LogP contribution in [0.1, 0.15) is 36.9 Å². The molecule has 2 N–H and O–H groups in total. The van der Waals surface area contributed by atoms with Gasteiger partial charge in [-0.1, -0.05) is 0 Å². The molecule has 0 unspecified atom stereocenters. The van der Waals surface area contributed by atoms with Crippen LogP contribution in [0.3, 0.4) is 0 Å². The molecule has 0 atom stereocenters. The van der Waals surface area contributed by atoms with Gasteiger partial charge in [0.1, 0.15) is 11.6 Å². The summed E-state index contributed by atoms with van der Waals surface area (Å²) in [6, 6.07) is 0. The van der Waals surface area contributed by atoms with E-state index in [2.05, 4.69) is 44.2 Å². The summed E-state index contributed by atoms with van der Waals surface area (Å²) < 4.78 is 0. The van der Waals surface area contributed by atoms with Crippen LogP contribution in [0.2, 0.25) is 0 Å². The zero-order valence-corrected chi connectivity index (χ0v) is 15.8. The van der Waals surface area contributed by atoms with Gasteiger partial charge in [-0.2, -0.15) is 10.2 Å². The second-order valence-corrected chi connectivity index (χ2v) is 7.91. The van der Waals surface area contributed by atoms with Gasteiger partial charge >= 0.3 is 0 Å². The Labute approximate surface area is 151 Å². The van der Waals surface area contributed by atoms with Crippen molar-refractivity contribution in [2.75, 3.05) is 0 Å². The molecule has 25 heavy (non-hydrogen) atoms. The van der Waals surface area contributed by atoms with Crippen LogP contribution in [0.25, 0.3) is 21.7 Å². The Balaban J connectivity index is 1.65. The maximum Gasteiger partial charge on any atom is 0.210 e. The number of thiazole rings is 2. The Bertz CT molecular complexity index is 941. The monoisotopic (exact) mass is 372 g/mol. The fraction of sp³-hybridized carbons (Fsp3) is 0.333. The normalized spacial score (nSPS) is 12.0. The Morgan fingerprint density at radius 2 is 1.20 bits per heavy atom. The van der Waals surface area contributed by atoms with E-state index in [1.165, 1.54) is 22.7 Å². The molecule has 128 valence electrons. The topological polar surface area (TPSA) is 109 Å². The van der Waals surface area contributed by atoms with Crippen LogP contribution in [0, 0.1) is 13.8 Å². The smallest absolute Gasteiger partial charge is 0.210 e. The minimum Gasteiger partial charge on any atom is -0.263 e. The first-order valence-corrected chi connectivity index (χ1v) is 9.40. The van der Waals surface area contributed by atoms with Crippen molar-refractivity contribution < 1.29 is 0 Å². The number of aryl methyl sites for hydroxylation is 2. The fourth-order valence-corrected chi connectivity index (χ4v) is 4.17. The average Bonchev–Trinajstić information content (AvgIpc) is 3.33. The summed E-state index contributed by atoms with van der Waals surface area (Å²) in [4.78, 5) is 18.1. The van der Waals surface area contributed by atoms with Crippen molar-refractivity contribution in [3.63, 3.8) is 0 Å². The Morgan fingerprint density at radius 1 is 0.760 bits per heavy atom. The molecule has 0 radical (unpaired) electrons. The molecule has 0 aliphatic heterocycles. The molecule has 4 aromatic rings. The third-order valence-corrected chi connectivity index (χ3v) is 5.54. The van der Waals surface area contributed by atoms with Crippen LogP contribution in [0.15, 0.2) is 10.8 Å². The van der Waals surface area contributed by atoms with Crippen LogP contribution < -0.4 is 0 Å². The van der Waals surface area contributed by atoms with Crippen molar-refractivity contribution >= 4 is 22.7 Å². The molecule has 0 fully saturated rings. The van der Waals surface area contributed by atoms with Gasteiger partial charge in [0.25, 0.3) is 0 Å². The zero-order valence-electron chi connectivity index (χ0n) is 14.2. The lowest BCUT2D eigenvalue weighted by Crippen LogP contribution is -2.20. The lowest BCUT2D eigenvalue weighted by atomic mass is 9.87. The maximum atomic E-state index is 4.73. The average molecular weight is 372 g/mol. The molecule has 0 bridgehead atoms. The van der Waals surface area contributed by atoms with E-state index in [1.54, 1.807) is 0 Å². The van der Waals surface area contributed by atoms with Gasteiger partial charge in [0, 0.05) is 10.8 Å². The molecule has 0 spiro atoms. The molecule has 4 heterocycles. The van der Waals surface area contributed by atoms with Gasteiger partial charge in [-0.3, -0.25) is 10.2 Å². The first kappa shape index (κ1) is 16.0. The quantitative estimate of drug-likeness (QED) is 0.570. The van der Waals surface area contributed by atoms with E-state index < -0.39 is 0 Å². The molecule has 0 saturated carbocycles. The van der Waals surface area contributed by atoms with E-state index in [-0.39, 0.29) is 5.41 Å². The summed E-state index contributed by atoms with van der Waals surface area (Å²) in [5.41, 5.74) is 1.55. The van der Waals surface area contributed by atoms with Crippen molar-refractivity contribution in [2.24, 2.45) is 0 Å². The molecule has 0 amide bonds.